The van der Waals surface area contributed by atoms with Gasteiger partial charge in [0.1, 0.15) is 17.3 Å². The minimum atomic E-state index is -0.105. The normalized spacial score (nSPS) is 14.6. The van der Waals surface area contributed by atoms with Gasteiger partial charge in [0, 0.05) is 62.7 Å². The summed E-state index contributed by atoms with van der Waals surface area (Å²) in [4.78, 5) is 9.89. The van der Waals surface area contributed by atoms with E-state index in [9.17, 15) is 0 Å². The minimum Gasteiger partial charge on any atom is -0.457 e. The van der Waals surface area contributed by atoms with Crippen LogP contribution in [0.15, 0.2) is 121 Å². The largest absolute Gasteiger partial charge is 0.457 e. The fourth-order valence-electron chi connectivity index (χ4n) is 7.74. The van der Waals surface area contributed by atoms with Crippen LogP contribution in [-0.2, 0) is 10.8 Å². The first-order valence-corrected chi connectivity index (χ1v) is 19.0. The third kappa shape index (κ3) is 6.94. The first kappa shape index (κ1) is 36.3. The fraction of sp³-hybridized carbons (Fsp3) is 0.354. The third-order valence-electron chi connectivity index (χ3n) is 10.3. The molecule has 53 heavy (non-hydrogen) atoms. The summed E-state index contributed by atoms with van der Waals surface area (Å²) in [6, 6.07) is 37.0. The molecule has 4 aromatic carbocycles. The van der Waals surface area contributed by atoms with Gasteiger partial charge in [0.2, 0.25) is 0 Å². The Hall–Kier alpha value is -5.03. The van der Waals surface area contributed by atoms with E-state index in [0.29, 0.717) is 0 Å². The molecule has 274 valence electrons. The maximum atomic E-state index is 6.74. The average molecular weight is 705 g/mol. The van der Waals surface area contributed by atoms with Crippen LogP contribution in [-0.4, -0.2) is 16.2 Å². The summed E-state index contributed by atoms with van der Waals surface area (Å²) in [6.45, 7) is 28.3. The van der Waals surface area contributed by atoms with Crippen molar-refractivity contribution in [2.75, 3.05) is 16.5 Å². The Labute approximate surface area is 316 Å². The molecule has 0 bridgehead atoms. The lowest BCUT2D eigenvalue weighted by molar-refractivity contribution is 0.444. The summed E-state index contributed by atoms with van der Waals surface area (Å²) in [5.74, 6) is 2.50. The zero-order valence-corrected chi connectivity index (χ0v) is 33.8. The predicted octanol–water partition coefficient (Wildman–Crippen LogP) is 13.2. The molecule has 1 aliphatic heterocycles. The second-order valence-corrected chi connectivity index (χ2v) is 18.8. The molecule has 7 rings (SSSR count). The fourth-order valence-corrected chi connectivity index (χ4v) is 7.74. The first-order chi connectivity index (χ1) is 24.8. The molecule has 0 atom stereocenters. The molecule has 0 unspecified atom stereocenters. The van der Waals surface area contributed by atoms with Gasteiger partial charge in [0.25, 0.3) is 0 Å². The van der Waals surface area contributed by atoms with Crippen molar-refractivity contribution in [3.8, 4) is 17.3 Å². The molecular formula is C48H56N4O. The number of fused-ring (bicyclic) bond motifs is 3. The first-order valence-electron chi connectivity index (χ1n) is 19.0. The highest BCUT2D eigenvalue weighted by atomic mass is 16.5. The van der Waals surface area contributed by atoms with Gasteiger partial charge in [-0.05, 0) is 76.6 Å². The van der Waals surface area contributed by atoms with Crippen molar-refractivity contribution in [2.24, 2.45) is 10.8 Å². The van der Waals surface area contributed by atoms with Crippen LogP contribution >= 0.6 is 0 Å². The Morgan fingerprint density at radius 3 is 1.70 bits per heavy atom. The van der Waals surface area contributed by atoms with Crippen LogP contribution in [0.1, 0.15) is 94.2 Å². The van der Waals surface area contributed by atoms with Gasteiger partial charge in [-0.1, -0.05) is 119 Å². The highest BCUT2D eigenvalue weighted by Crippen LogP contribution is 2.48. The molecule has 6 aromatic rings. The molecule has 0 radical (unpaired) electrons. The molecule has 0 saturated heterocycles. The van der Waals surface area contributed by atoms with E-state index in [2.05, 4.69) is 201 Å². The van der Waals surface area contributed by atoms with E-state index in [0.717, 1.165) is 40.7 Å². The highest BCUT2D eigenvalue weighted by Gasteiger charge is 2.42. The molecular weight excluding hydrogens is 649 g/mol. The molecule has 0 amide bonds. The van der Waals surface area contributed by atoms with E-state index in [-0.39, 0.29) is 21.7 Å². The zero-order valence-electron chi connectivity index (χ0n) is 33.8. The monoisotopic (exact) mass is 704 g/mol. The second kappa shape index (κ2) is 12.8. The van der Waals surface area contributed by atoms with E-state index >= 15 is 0 Å². The summed E-state index contributed by atoms with van der Waals surface area (Å²) >= 11 is 0. The van der Waals surface area contributed by atoms with Crippen LogP contribution in [0.2, 0.25) is 0 Å². The number of ether oxygens (including phenoxy) is 1. The van der Waals surface area contributed by atoms with E-state index < -0.39 is 0 Å². The van der Waals surface area contributed by atoms with Gasteiger partial charge in [-0.25, -0.2) is 4.98 Å². The van der Waals surface area contributed by atoms with Crippen molar-refractivity contribution in [1.82, 2.24) is 9.55 Å². The van der Waals surface area contributed by atoms with Gasteiger partial charge in [-0.3, -0.25) is 4.57 Å². The summed E-state index contributed by atoms with van der Waals surface area (Å²) in [5.41, 5.74) is 9.68. The van der Waals surface area contributed by atoms with E-state index in [1.54, 1.807) is 0 Å². The van der Waals surface area contributed by atoms with Crippen LogP contribution in [0.4, 0.5) is 11.4 Å². The lowest BCUT2D eigenvalue weighted by Crippen LogP contribution is -2.31. The molecule has 0 N–H and O–H groups in total. The number of aromatic nitrogens is 2. The third-order valence-corrected chi connectivity index (χ3v) is 10.3. The molecule has 0 saturated carbocycles. The minimum absolute atomic E-state index is 0.00820. The Kier molecular flexibility index (Phi) is 8.79. The molecule has 0 spiro atoms. The van der Waals surface area contributed by atoms with Crippen molar-refractivity contribution >= 4 is 33.2 Å². The quantitative estimate of drug-likeness (QED) is 0.179. The molecule has 0 fully saturated rings. The van der Waals surface area contributed by atoms with Crippen LogP contribution in [0.5, 0.6) is 11.5 Å². The molecule has 1 aliphatic rings. The Balaban J connectivity index is 1.29. The van der Waals surface area contributed by atoms with Crippen molar-refractivity contribution in [3.05, 3.63) is 132 Å². The molecule has 0 aliphatic carbocycles. The van der Waals surface area contributed by atoms with Gasteiger partial charge >= 0.3 is 0 Å². The van der Waals surface area contributed by atoms with Gasteiger partial charge in [-0.2, -0.15) is 0 Å². The summed E-state index contributed by atoms with van der Waals surface area (Å²) in [7, 11) is 0. The Morgan fingerprint density at radius 2 is 1.06 bits per heavy atom. The highest BCUT2D eigenvalue weighted by molar-refractivity contribution is 6.09. The number of hydrogen-bond donors (Lipinski definition) is 0. The molecule has 5 nitrogen and oxygen atoms in total. The van der Waals surface area contributed by atoms with Gasteiger partial charge in [-0.15, -0.1) is 0 Å². The molecule has 3 heterocycles. The van der Waals surface area contributed by atoms with Crippen molar-refractivity contribution in [3.63, 3.8) is 0 Å². The van der Waals surface area contributed by atoms with Gasteiger partial charge in [0.05, 0.1) is 17.7 Å². The number of benzene rings is 4. The van der Waals surface area contributed by atoms with Crippen LogP contribution < -0.4 is 14.5 Å². The number of pyridine rings is 1. The van der Waals surface area contributed by atoms with Crippen LogP contribution in [0.3, 0.4) is 0 Å². The lowest BCUT2D eigenvalue weighted by Gasteiger charge is -2.34. The number of anilines is 2. The Morgan fingerprint density at radius 1 is 0.491 bits per heavy atom. The summed E-state index contributed by atoms with van der Waals surface area (Å²) < 4.78 is 9.01. The van der Waals surface area contributed by atoms with Crippen LogP contribution in [0.25, 0.3) is 27.6 Å². The number of nitrogens with zero attached hydrogens (tertiary/aromatic N) is 4. The predicted molar refractivity (Wildman–Crippen MR) is 225 cm³/mol. The smallest absolute Gasteiger partial charge is 0.137 e. The van der Waals surface area contributed by atoms with Crippen molar-refractivity contribution in [1.29, 1.82) is 0 Å². The topological polar surface area (TPSA) is 33.5 Å². The number of allylic oxidation sites excluding steroid dienone is 2. The van der Waals surface area contributed by atoms with Crippen molar-refractivity contribution in [2.45, 2.75) is 93.9 Å². The standard InChI is InChI=1S/C48H56N4O/c1-45(2,3)32-17-15-18-34(27-32)50-31-51(44(48(10,11)12)43(50)47(7,8)9)35-19-16-20-36(29-35)53-37-23-24-39-38-21-13-14-22-40(38)52(41(39)30-37)42-28-33(25-26-49-42)46(4,5)6/h13-30H,31H2,1-12H3. The number of rotatable bonds is 5. The lowest BCUT2D eigenvalue weighted by atomic mass is 9.81. The maximum absolute atomic E-state index is 6.74. The zero-order chi connectivity index (χ0) is 38.1. The van der Waals surface area contributed by atoms with E-state index in [1.165, 1.54) is 39.0 Å². The maximum Gasteiger partial charge on any atom is 0.137 e. The van der Waals surface area contributed by atoms with Gasteiger partial charge in [0.15, 0.2) is 0 Å². The summed E-state index contributed by atoms with van der Waals surface area (Å²) in [5, 5.41) is 2.37. The summed E-state index contributed by atoms with van der Waals surface area (Å²) in [6.07, 6.45) is 1.93. The Bertz CT molecular complexity index is 2350. The van der Waals surface area contributed by atoms with Crippen molar-refractivity contribution < 1.29 is 4.74 Å². The second-order valence-electron chi connectivity index (χ2n) is 18.8. The van der Waals surface area contributed by atoms with Crippen LogP contribution in [0, 0.1) is 10.8 Å². The van der Waals surface area contributed by atoms with E-state index in [1.807, 2.05) is 6.20 Å². The van der Waals surface area contributed by atoms with E-state index in [4.69, 9.17) is 9.72 Å². The van der Waals surface area contributed by atoms with Gasteiger partial charge < -0.3 is 14.5 Å². The SMILES string of the molecule is CC(C)(C)C1=C(C(C)(C)C)N(c2cccc(C(C)(C)C)c2)CN1c1cccc(Oc2ccc3c4ccccc4n(-c4cc(C(C)(C)C)ccn4)c3c2)c1. The molecule has 2 aromatic heterocycles. The number of hydrogen-bond acceptors (Lipinski definition) is 4. The number of para-hydroxylation sites is 1. The average Bonchev–Trinajstić information content (AvgIpc) is 3.66. The molecule has 5 heteroatoms.